The van der Waals surface area contributed by atoms with Crippen molar-refractivity contribution in [3.63, 3.8) is 0 Å². The molecule has 0 radical (unpaired) electrons. The van der Waals surface area contributed by atoms with Crippen LogP contribution in [0, 0.1) is 0 Å². The van der Waals surface area contributed by atoms with Crippen LogP contribution in [0.1, 0.15) is 44.2 Å². The average Bonchev–Trinajstić information content (AvgIpc) is 2.69. The molecule has 1 aromatic heterocycles. The van der Waals surface area contributed by atoms with Gasteiger partial charge >= 0.3 is 0 Å². The van der Waals surface area contributed by atoms with Gasteiger partial charge < -0.3 is 15.2 Å². The van der Waals surface area contributed by atoms with E-state index in [0.717, 1.165) is 18.8 Å². The molecule has 2 heterocycles. The summed E-state index contributed by atoms with van der Waals surface area (Å²) in [6.45, 7) is 10.1. The molecule has 4 nitrogen and oxygen atoms in total. The molecule has 1 aliphatic heterocycles. The molecule has 2 rings (SSSR count). The maximum Gasteiger partial charge on any atom is 0.270 e. The molecule has 2 N–H and O–H groups in total. The van der Waals surface area contributed by atoms with E-state index in [4.69, 9.17) is 5.73 Å². The van der Waals surface area contributed by atoms with Gasteiger partial charge in [-0.3, -0.25) is 4.79 Å². The highest BCUT2D eigenvalue weighted by Crippen LogP contribution is 2.30. The normalized spacial score (nSPS) is 18.9. The Morgan fingerprint density at radius 3 is 2.74 bits per heavy atom. The summed E-state index contributed by atoms with van der Waals surface area (Å²) in [5.74, 6) is 1.09. The summed E-state index contributed by atoms with van der Waals surface area (Å²) in [7, 11) is 0. The summed E-state index contributed by atoms with van der Waals surface area (Å²) in [6, 6.07) is 2.03. The van der Waals surface area contributed by atoms with Crippen molar-refractivity contribution in [1.29, 1.82) is 0 Å². The summed E-state index contributed by atoms with van der Waals surface area (Å²) in [5.41, 5.74) is 7.20. The van der Waals surface area contributed by atoms with Crippen molar-refractivity contribution in [1.82, 2.24) is 9.47 Å². The van der Waals surface area contributed by atoms with Gasteiger partial charge in [0.05, 0.1) is 5.69 Å². The van der Waals surface area contributed by atoms with Crippen LogP contribution in [-0.4, -0.2) is 39.0 Å². The van der Waals surface area contributed by atoms with E-state index < -0.39 is 0 Å². The highest BCUT2D eigenvalue weighted by atomic mass is 32.2. The minimum Gasteiger partial charge on any atom is -0.397 e. The van der Waals surface area contributed by atoms with Gasteiger partial charge in [0.2, 0.25) is 0 Å². The standard InChI is InChI=1S/C14H23N3OS/c1-10(2)17-8-11(15)7-12(17)13(18)16-5-6-19-14(3,4)9-16/h7-8,10H,5-6,9,15H2,1-4H3. The molecule has 1 fully saturated rings. The first kappa shape index (κ1) is 14.3. The second-order valence-electron chi connectivity index (χ2n) is 5.99. The number of anilines is 1. The van der Waals surface area contributed by atoms with Gasteiger partial charge in [0, 0.05) is 35.8 Å². The first-order valence-electron chi connectivity index (χ1n) is 6.71. The monoisotopic (exact) mass is 281 g/mol. The molecule has 5 heteroatoms. The van der Waals surface area contributed by atoms with Crippen molar-refractivity contribution < 1.29 is 4.79 Å². The van der Waals surface area contributed by atoms with Gasteiger partial charge in [0.15, 0.2) is 0 Å². The highest BCUT2D eigenvalue weighted by molar-refractivity contribution is 8.00. The molecule has 1 aromatic rings. The largest absolute Gasteiger partial charge is 0.397 e. The molecule has 0 unspecified atom stereocenters. The van der Waals surface area contributed by atoms with Gasteiger partial charge in [-0.1, -0.05) is 0 Å². The van der Waals surface area contributed by atoms with Crippen LogP contribution in [0.25, 0.3) is 0 Å². The van der Waals surface area contributed by atoms with Gasteiger partial charge in [0.25, 0.3) is 5.91 Å². The molecular formula is C14H23N3OS. The predicted octanol–water partition coefficient (Wildman–Crippen LogP) is 2.62. The number of amides is 1. The number of nitrogens with zero attached hydrogens (tertiary/aromatic N) is 2. The predicted molar refractivity (Wildman–Crippen MR) is 81.7 cm³/mol. The van der Waals surface area contributed by atoms with Crippen LogP contribution in [0.15, 0.2) is 12.3 Å². The number of aromatic nitrogens is 1. The lowest BCUT2D eigenvalue weighted by atomic mass is 10.1. The molecular weight excluding hydrogens is 258 g/mol. The zero-order valence-electron chi connectivity index (χ0n) is 12.1. The summed E-state index contributed by atoms with van der Waals surface area (Å²) < 4.78 is 2.10. The van der Waals surface area contributed by atoms with Crippen LogP contribution in [0.2, 0.25) is 0 Å². The molecule has 0 atom stereocenters. The summed E-state index contributed by atoms with van der Waals surface area (Å²) in [6.07, 6.45) is 1.85. The lowest BCUT2D eigenvalue weighted by molar-refractivity contribution is 0.0735. The van der Waals surface area contributed by atoms with Crippen LogP contribution in [-0.2, 0) is 0 Å². The van der Waals surface area contributed by atoms with E-state index in [-0.39, 0.29) is 16.7 Å². The number of rotatable bonds is 2. The molecule has 1 saturated heterocycles. The average molecular weight is 281 g/mol. The van der Waals surface area contributed by atoms with Crippen molar-refractivity contribution in [2.75, 3.05) is 24.6 Å². The molecule has 1 aliphatic rings. The van der Waals surface area contributed by atoms with Crippen LogP contribution in [0.3, 0.4) is 0 Å². The second kappa shape index (κ2) is 5.12. The zero-order valence-corrected chi connectivity index (χ0v) is 13.0. The molecule has 0 saturated carbocycles. The van der Waals surface area contributed by atoms with E-state index >= 15 is 0 Å². The first-order valence-corrected chi connectivity index (χ1v) is 7.69. The van der Waals surface area contributed by atoms with Crippen molar-refractivity contribution in [3.8, 4) is 0 Å². The van der Waals surface area contributed by atoms with E-state index in [9.17, 15) is 4.79 Å². The zero-order chi connectivity index (χ0) is 14.2. The Hall–Kier alpha value is -1.10. The van der Waals surface area contributed by atoms with Gasteiger partial charge in [-0.2, -0.15) is 11.8 Å². The third-order valence-electron chi connectivity index (χ3n) is 3.36. The number of nitrogen functional groups attached to an aromatic ring is 1. The Labute approximate surface area is 119 Å². The smallest absolute Gasteiger partial charge is 0.270 e. The third-order valence-corrected chi connectivity index (χ3v) is 4.66. The molecule has 0 aromatic carbocycles. The van der Waals surface area contributed by atoms with E-state index in [1.54, 1.807) is 6.07 Å². The van der Waals surface area contributed by atoms with E-state index in [2.05, 4.69) is 27.7 Å². The fourth-order valence-corrected chi connectivity index (χ4v) is 3.56. The van der Waals surface area contributed by atoms with Gasteiger partial charge in [-0.05, 0) is 33.8 Å². The Morgan fingerprint density at radius 1 is 1.47 bits per heavy atom. The van der Waals surface area contributed by atoms with E-state index in [1.165, 1.54) is 0 Å². The first-order chi connectivity index (χ1) is 8.80. The van der Waals surface area contributed by atoms with Crippen molar-refractivity contribution in [3.05, 3.63) is 18.0 Å². The van der Waals surface area contributed by atoms with E-state index in [0.29, 0.717) is 11.4 Å². The molecule has 1 amide bonds. The van der Waals surface area contributed by atoms with Crippen LogP contribution >= 0.6 is 11.8 Å². The number of hydrogen-bond donors (Lipinski definition) is 1. The minimum atomic E-state index is 0.0961. The second-order valence-corrected chi connectivity index (χ2v) is 7.80. The van der Waals surface area contributed by atoms with Gasteiger partial charge in [-0.25, -0.2) is 0 Å². The quantitative estimate of drug-likeness (QED) is 0.906. The van der Waals surface area contributed by atoms with Gasteiger partial charge in [-0.15, -0.1) is 0 Å². The molecule has 0 spiro atoms. The van der Waals surface area contributed by atoms with Crippen molar-refractivity contribution in [2.45, 2.75) is 38.5 Å². The SMILES string of the molecule is CC(C)n1cc(N)cc1C(=O)N1CCSC(C)(C)C1. The Morgan fingerprint density at radius 2 is 2.16 bits per heavy atom. The molecule has 0 aliphatic carbocycles. The Kier molecular flexibility index (Phi) is 3.85. The summed E-state index contributed by atoms with van der Waals surface area (Å²) >= 11 is 1.93. The number of carbonyl (C=O) groups excluding carboxylic acids is 1. The highest BCUT2D eigenvalue weighted by Gasteiger charge is 2.31. The van der Waals surface area contributed by atoms with Gasteiger partial charge in [0.1, 0.15) is 5.69 Å². The summed E-state index contributed by atoms with van der Waals surface area (Å²) in [5, 5.41) is 0. The maximum atomic E-state index is 12.7. The molecule has 19 heavy (non-hydrogen) atoms. The Bertz CT molecular complexity index is 479. The Balaban J connectivity index is 2.24. The van der Waals surface area contributed by atoms with Crippen LogP contribution < -0.4 is 5.73 Å². The van der Waals surface area contributed by atoms with Crippen molar-refractivity contribution >= 4 is 23.4 Å². The van der Waals surface area contributed by atoms with E-state index in [1.807, 2.05) is 27.4 Å². The fourth-order valence-electron chi connectivity index (χ4n) is 2.45. The topological polar surface area (TPSA) is 51.3 Å². The lowest BCUT2D eigenvalue weighted by Crippen LogP contribution is -2.46. The minimum absolute atomic E-state index is 0.0961. The molecule has 0 bridgehead atoms. The summed E-state index contributed by atoms with van der Waals surface area (Å²) in [4.78, 5) is 14.6. The number of hydrogen-bond acceptors (Lipinski definition) is 3. The van der Waals surface area contributed by atoms with Crippen molar-refractivity contribution in [2.24, 2.45) is 0 Å². The van der Waals surface area contributed by atoms with Crippen LogP contribution in [0.4, 0.5) is 5.69 Å². The molecule has 106 valence electrons. The number of carbonyl (C=O) groups is 1. The van der Waals surface area contributed by atoms with Crippen LogP contribution in [0.5, 0.6) is 0 Å². The maximum absolute atomic E-state index is 12.7. The number of nitrogens with two attached hydrogens (primary N) is 1. The number of thioether (sulfide) groups is 1. The fraction of sp³-hybridized carbons (Fsp3) is 0.643. The lowest BCUT2D eigenvalue weighted by Gasteiger charge is -2.37. The third kappa shape index (κ3) is 3.08.